The van der Waals surface area contributed by atoms with Crippen LogP contribution in [0, 0.1) is 12.8 Å². The number of anilines is 2. The molecule has 6 nitrogen and oxygen atoms in total. The molecule has 1 saturated heterocycles. The Morgan fingerprint density at radius 1 is 1.17 bits per heavy atom. The molecule has 1 aromatic heterocycles. The molecule has 0 unspecified atom stereocenters. The molecular weight excluding hydrogens is 404 g/mol. The van der Waals surface area contributed by atoms with Gasteiger partial charge in [-0.2, -0.15) is 0 Å². The van der Waals surface area contributed by atoms with Gasteiger partial charge in [0.2, 0.25) is 16.9 Å². The summed E-state index contributed by atoms with van der Waals surface area (Å²) >= 11 is 3.04. The minimum Gasteiger partial charge on any atom is -0.311 e. The van der Waals surface area contributed by atoms with Crippen LogP contribution in [0.15, 0.2) is 59.5 Å². The van der Waals surface area contributed by atoms with Gasteiger partial charge >= 0.3 is 0 Å². The highest BCUT2D eigenvalue weighted by atomic mass is 32.2. The van der Waals surface area contributed by atoms with E-state index in [-0.39, 0.29) is 18.2 Å². The third kappa shape index (κ3) is 4.65. The van der Waals surface area contributed by atoms with Crippen molar-refractivity contribution in [2.45, 2.75) is 24.0 Å². The van der Waals surface area contributed by atoms with Gasteiger partial charge in [-0.3, -0.25) is 9.59 Å². The topological polar surface area (TPSA) is 75.2 Å². The summed E-state index contributed by atoms with van der Waals surface area (Å²) in [6, 6.07) is 17.8. The number of hydrogen-bond acceptors (Lipinski definition) is 6. The molecule has 0 saturated carbocycles. The summed E-state index contributed by atoms with van der Waals surface area (Å²) in [5.41, 5.74) is 1.88. The average Bonchev–Trinajstić information content (AvgIpc) is 3.34. The van der Waals surface area contributed by atoms with Crippen molar-refractivity contribution < 1.29 is 9.59 Å². The van der Waals surface area contributed by atoms with Crippen LogP contribution in [0.2, 0.25) is 0 Å². The van der Waals surface area contributed by atoms with E-state index in [0.717, 1.165) is 21.2 Å². The summed E-state index contributed by atoms with van der Waals surface area (Å²) in [7, 11) is 0. The summed E-state index contributed by atoms with van der Waals surface area (Å²) in [5, 5.41) is 12.4. The van der Waals surface area contributed by atoms with Gasteiger partial charge in [0.15, 0.2) is 0 Å². The summed E-state index contributed by atoms with van der Waals surface area (Å²) < 4.78 is 0. The number of amides is 2. The zero-order chi connectivity index (χ0) is 20.2. The first-order valence-corrected chi connectivity index (χ1v) is 11.1. The lowest BCUT2D eigenvalue weighted by atomic mass is 10.1. The van der Waals surface area contributed by atoms with Crippen molar-refractivity contribution in [3.05, 3.63) is 65.2 Å². The lowest BCUT2D eigenvalue weighted by Gasteiger charge is -2.18. The van der Waals surface area contributed by atoms with Crippen molar-refractivity contribution in [3.8, 4) is 0 Å². The van der Waals surface area contributed by atoms with Gasteiger partial charge in [0.05, 0.1) is 11.7 Å². The first kappa shape index (κ1) is 19.6. The summed E-state index contributed by atoms with van der Waals surface area (Å²) in [5.74, 6) is 0.0817. The number of benzene rings is 2. The Morgan fingerprint density at radius 3 is 2.72 bits per heavy atom. The molecule has 1 N–H and O–H groups in total. The van der Waals surface area contributed by atoms with Gasteiger partial charge in [-0.05, 0) is 30.7 Å². The number of nitrogens with one attached hydrogen (secondary N) is 1. The molecule has 1 aliphatic heterocycles. The molecule has 1 aliphatic rings. The van der Waals surface area contributed by atoms with Crippen LogP contribution in [-0.4, -0.2) is 28.6 Å². The minimum absolute atomic E-state index is 0.0309. The molecule has 148 valence electrons. The molecule has 29 heavy (non-hydrogen) atoms. The van der Waals surface area contributed by atoms with Crippen molar-refractivity contribution in [1.82, 2.24) is 10.2 Å². The third-order valence-electron chi connectivity index (χ3n) is 4.70. The maximum absolute atomic E-state index is 12.7. The van der Waals surface area contributed by atoms with Gasteiger partial charge in [0.1, 0.15) is 5.01 Å². The highest BCUT2D eigenvalue weighted by Gasteiger charge is 2.35. The molecule has 8 heteroatoms. The molecule has 2 aromatic carbocycles. The molecule has 1 atom stereocenters. The molecule has 0 aliphatic carbocycles. The number of para-hydroxylation sites is 1. The second-order valence-electron chi connectivity index (χ2n) is 6.78. The number of aryl methyl sites for hydroxylation is 1. The number of nitrogens with zero attached hydrogens (tertiary/aromatic N) is 3. The SMILES string of the molecule is Cc1ccccc1N1C[C@H](C(=O)Nc2nnc(CSc3ccccc3)s2)CC1=O. The Morgan fingerprint density at radius 2 is 1.93 bits per heavy atom. The maximum atomic E-state index is 12.7. The van der Waals surface area contributed by atoms with E-state index < -0.39 is 5.92 Å². The Hall–Kier alpha value is -2.71. The van der Waals surface area contributed by atoms with Crippen LogP contribution in [0.1, 0.15) is 17.0 Å². The van der Waals surface area contributed by atoms with E-state index in [1.165, 1.54) is 11.3 Å². The zero-order valence-electron chi connectivity index (χ0n) is 15.9. The van der Waals surface area contributed by atoms with E-state index in [1.807, 2.05) is 61.5 Å². The molecular formula is C21H20N4O2S2. The number of carbonyl (C=O) groups excluding carboxylic acids is 2. The fourth-order valence-corrected chi connectivity index (χ4v) is 4.86. The Kier molecular flexibility index (Phi) is 5.92. The van der Waals surface area contributed by atoms with Crippen LogP contribution in [0.5, 0.6) is 0 Å². The first-order valence-electron chi connectivity index (χ1n) is 9.27. The second kappa shape index (κ2) is 8.75. The third-order valence-corrected chi connectivity index (χ3v) is 6.75. The number of hydrogen-bond donors (Lipinski definition) is 1. The van der Waals surface area contributed by atoms with E-state index >= 15 is 0 Å². The van der Waals surface area contributed by atoms with Crippen LogP contribution in [0.4, 0.5) is 10.8 Å². The van der Waals surface area contributed by atoms with Gasteiger partial charge < -0.3 is 10.2 Å². The van der Waals surface area contributed by atoms with Crippen LogP contribution in [0.3, 0.4) is 0 Å². The van der Waals surface area contributed by atoms with E-state index in [0.29, 0.717) is 17.4 Å². The molecule has 0 radical (unpaired) electrons. The standard InChI is InChI=1S/C21H20N4O2S2/c1-14-7-5-6-10-17(14)25-12-15(11-19(25)26)20(27)22-21-24-23-18(29-21)13-28-16-8-3-2-4-9-16/h2-10,15H,11-13H2,1H3,(H,22,24,27)/t15-/m1/s1. The van der Waals surface area contributed by atoms with Gasteiger partial charge in [0.25, 0.3) is 0 Å². The fraction of sp³-hybridized carbons (Fsp3) is 0.238. The van der Waals surface area contributed by atoms with Crippen molar-refractivity contribution in [1.29, 1.82) is 0 Å². The summed E-state index contributed by atoms with van der Waals surface area (Å²) in [6.07, 6.45) is 0.204. The van der Waals surface area contributed by atoms with E-state index in [4.69, 9.17) is 0 Å². The second-order valence-corrected chi connectivity index (χ2v) is 8.89. The molecule has 4 rings (SSSR count). The van der Waals surface area contributed by atoms with Crippen molar-refractivity contribution in [2.24, 2.45) is 5.92 Å². The summed E-state index contributed by atoms with van der Waals surface area (Å²) in [6.45, 7) is 2.34. The zero-order valence-corrected chi connectivity index (χ0v) is 17.5. The van der Waals surface area contributed by atoms with Crippen LogP contribution in [0.25, 0.3) is 0 Å². The van der Waals surface area contributed by atoms with Crippen molar-refractivity contribution in [2.75, 3.05) is 16.8 Å². The summed E-state index contributed by atoms with van der Waals surface area (Å²) in [4.78, 5) is 27.9. The Balaban J connectivity index is 1.35. The van der Waals surface area contributed by atoms with Crippen molar-refractivity contribution in [3.63, 3.8) is 0 Å². The number of carbonyl (C=O) groups is 2. The average molecular weight is 425 g/mol. The van der Waals surface area contributed by atoms with E-state index in [9.17, 15) is 9.59 Å². The molecule has 1 fully saturated rings. The van der Waals surface area contributed by atoms with Gasteiger partial charge in [0, 0.05) is 23.5 Å². The van der Waals surface area contributed by atoms with E-state index in [2.05, 4.69) is 15.5 Å². The lowest BCUT2D eigenvalue weighted by Crippen LogP contribution is -2.28. The first-order chi connectivity index (χ1) is 14.1. The van der Waals surface area contributed by atoms with Crippen LogP contribution < -0.4 is 10.2 Å². The van der Waals surface area contributed by atoms with Gasteiger partial charge in [-0.1, -0.05) is 47.7 Å². The van der Waals surface area contributed by atoms with Gasteiger partial charge in [-0.25, -0.2) is 0 Å². The van der Waals surface area contributed by atoms with Crippen LogP contribution in [-0.2, 0) is 15.3 Å². The highest BCUT2D eigenvalue weighted by Crippen LogP contribution is 2.29. The number of aromatic nitrogens is 2. The predicted molar refractivity (Wildman–Crippen MR) is 116 cm³/mol. The minimum atomic E-state index is -0.395. The molecule has 0 spiro atoms. The van der Waals surface area contributed by atoms with E-state index in [1.54, 1.807) is 16.7 Å². The number of rotatable bonds is 6. The fourth-order valence-electron chi connectivity index (χ4n) is 3.21. The monoisotopic (exact) mass is 424 g/mol. The molecule has 2 heterocycles. The highest BCUT2D eigenvalue weighted by molar-refractivity contribution is 7.98. The Bertz CT molecular complexity index is 1020. The number of thioether (sulfide) groups is 1. The largest absolute Gasteiger partial charge is 0.311 e. The van der Waals surface area contributed by atoms with Crippen LogP contribution >= 0.6 is 23.1 Å². The van der Waals surface area contributed by atoms with Gasteiger partial charge in [-0.15, -0.1) is 22.0 Å². The molecule has 0 bridgehead atoms. The normalized spacial score (nSPS) is 16.2. The molecule has 2 amide bonds. The quantitative estimate of drug-likeness (QED) is 0.602. The van der Waals surface area contributed by atoms with Crippen molar-refractivity contribution >= 4 is 45.7 Å². The molecule has 3 aromatic rings. The predicted octanol–water partition coefficient (Wildman–Crippen LogP) is 4.13. The maximum Gasteiger partial charge on any atom is 0.231 e. The Labute approximate surface area is 177 Å². The lowest BCUT2D eigenvalue weighted by molar-refractivity contribution is -0.122. The smallest absolute Gasteiger partial charge is 0.231 e.